The third kappa shape index (κ3) is 3.92. The molecule has 0 amide bonds. The molecule has 1 fully saturated rings. The van der Waals surface area contributed by atoms with Crippen LogP contribution in [0.25, 0.3) is 0 Å². The zero-order valence-corrected chi connectivity index (χ0v) is 14.6. The summed E-state index contributed by atoms with van der Waals surface area (Å²) in [5, 5.41) is 19.1. The quantitative estimate of drug-likeness (QED) is 0.844. The molecule has 130 valence electrons. The van der Waals surface area contributed by atoms with Gasteiger partial charge in [-0.25, -0.2) is 0 Å². The van der Waals surface area contributed by atoms with Crippen molar-refractivity contribution in [2.24, 2.45) is 0 Å². The highest BCUT2D eigenvalue weighted by Gasteiger charge is 2.35. The summed E-state index contributed by atoms with van der Waals surface area (Å²) in [5.74, 6) is 1.14. The number of aromatic nitrogens is 3. The van der Waals surface area contributed by atoms with Gasteiger partial charge >= 0.3 is 0 Å². The van der Waals surface area contributed by atoms with Crippen molar-refractivity contribution in [3.05, 3.63) is 40.8 Å². The lowest BCUT2D eigenvalue weighted by Gasteiger charge is -2.28. The van der Waals surface area contributed by atoms with E-state index in [0.29, 0.717) is 36.4 Å². The summed E-state index contributed by atoms with van der Waals surface area (Å²) in [6.07, 6.45) is 2.97. The first-order chi connectivity index (χ1) is 11.6. The molecule has 2 atom stereocenters. The predicted molar refractivity (Wildman–Crippen MR) is 89.4 cm³/mol. The molecule has 0 bridgehead atoms. The second-order valence-electron chi connectivity index (χ2n) is 6.07. The molecule has 0 spiro atoms. The maximum atomic E-state index is 10.5. The SMILES string of the molecule is CCN(Cc1nnc(C)o1)[C@H]1CN(Cc2ccncc2Cl)C[C@H]1O. The largest absolute Gasteiger partial charge is 0.424 e. The van der Waals surface area contributed by atoms with E-state index in [0.717, 1.165) is 18.7 Å². The Hall–Kier alpha value is -1.54. The molecule has 0 radical (unpaired) electrons. The van der Waals surface area contributed by atoms with Gasteiger partial charge in [0.1, 0.15) is 0 Å². The number of likely N-dealkylation sites (N-methyl/N-ethyl adjacent to an activating group) is 1. The summed E-state index contributed by atoms with van der Waals surface area (Å²) in [6.45, 7) is 7.27. The van der Waals surface area contributed by atoms with Crippen molar-refractivity contribution in [1.82, 2.24) is 25.0 Å². The lowest BCUT2D eigenvalue weighted by molar-refractivity contribution is 0.0760. The van der Waals surface area contributed by atoms with Crippen LogP contribution in [0, 0.1) is 6.92 Å². The fourth-order valence-corrected chi connectivity index (χ4v) is 3.33. The lowest BCUT2D eigenvalue weighted by atomic mass is 10.2. The highest BCUT2D eigenvalue weighted by Crippen LogP contribution is 2.22. The maximum Gasteiger partial charge on any atom is 0.230 e. The molecule has 1 saturated heterocycles. The van der Waals surface area contributed by atoms with Crippen LogP contribution < -0.4 is 0 Å². The minimum Gasteiger partial charge on any atom is -0.424 e. The summed E-state index contributed by atoms with van der Waals surface area (Å²) in [4.78, 5) is 8.39. The molecule has 1 aliphatic rings. The molecule has 0 unspecified atom stereocenters. The standard InChI is InChI=1S/C16H22ClN5O2/c1-3-22(10-16-20-19-11(2)24-16)14-8-21(9-15(14)23)7-12-4-5-18-6-13(12)17/h4-6,14-15,23H,3,7-10H2,1-2H3/t14-,15+/m0/s1. The van der Waals surface area contributed by atoms with Crippen LogP contribution in [-0.2, 0) is 13.1 Å². The number of rotatable bonds is 6. The highest BCUT2D eigenvalue weighted by molar-refractivity contribution is 6.31. The van der Waals surface area contributed by atoms with Crippen molar-refractivity contribution in [2.75, 3.05) is 19.6 Å². The molecule has 2 aromatic heterocycles. The molecule has 2 aromatic rings. The Morgan fingerprint density at radius 1 is 1.42 bits per heavy atom. The van der Waals surface area contributed by atoms with Crippen LogP contribution in [0.2, 0.25) is 5.02 Å². The molecule has 3 rings (SSSR count). The molecule has 7 nitrogen and oxygen atoms in total. The van der Waals surface area contributed by atoms with Gasteiger partial charge < -0.3 is 9.52 Å². The second kappa shape index (κ2) is 7.57. The van der Waals surface area contributed by atoms with Crippen LogP contribution in [-0.4, -0.2) is 61.9 Å². The first-order valence-corrected chi connectivity index (χ1v) is 8.46. The first-order valence-electron chi connectivity index (χ1n) is 8.08. The topological polar surface area (TPSA) is 78.5 Å². The van der Waals surface area contributed by atoms with Gasteiger partial charge in [0.05, 0.1) is 23.7 Å². The molecule has 0 aromatic carbocycles. The van der Waals surface area contributed by atoms with Crippen LogP contribution in [0.1, 0.15) is 24.3 Å². The van der Waals surface area contributed by atoms with Crippen molar-refractivity contribution in [2.45, 2.75) is 39.1 Å². The number of aliphatic hydroxyl groups is 1. The van der Waals surface area contributed by atoms with E-state index in [2.05, 4.69) is 31.9 Å². The van der Waals surface area contributed by atoms with Crippen LogP contribution in [0.15, 0.2) is 22.9 Å². The van der Waals surface area contributed by atoms with Crippen molar-refractivity contribution >= 4 is 11.6 Å². The number of nitrogens with zero attached hydrogens (tertiary/aromatic N) is 5. The first kappa shape index (κ1) is 17.3. The number of aryl methyl sites for hydroxylation is 1. The van der Waals surface area contributed by atoms with E-state index in [1.807, 2.05) is 6.07 Å². The van der Waals surface area contributed by atoms with Crippen LogP contribution in [0.4, 0.5) is 0 Å². The number of pyridine rings is 1. The molecule has 24 heavy (non-hydrogen) atoms. The Bertz CT molecular complexity index is 680. The van der Waals surface area contributed by atoms with Crippen LogP contribution in [0.5, 0.6) is 0 Å². The summed E-state index contributed by atoms with van der Waals surface area (Å²) >= 11 is 6.19. The van der Waals surface area contributed by atoms with Gasteiger partial charge in [-0.15, -0.1) is 10.2 Å². The van der Waals surface area contributed by atoms with Crippen LogP contribution >= 0.6 is 11.6 Å². The maximum absolute atomic E-state index is 10.5. The van der Waals surface area contributed by atoms with Crippen molar-refractivity contribution < 1.29 is 9.52 Å². The van der Waals surface area contributed by atoms with Gasteiger partial charge in [0.25, 0.3) is 0 Å². The zero-order valence-electron chi connectivity index (χ0n) is 13.9. The smallest absolute Gasteiger partial charge is 0.230 e. The molecular weight excluding hydrogens is 330 g/mol. The fraction of sp³-hybridized carbons (Fsp3) is 0.562. The number of halogens is 1. The second-order valence-corrected chi connectivity index (χ2v) is 6.48. The fourth-order valence-electron chi connectivity index (χ4n) is 3.15. The Morgan fingerprint density at radius 3 is 2.92 bits per heavy atom. The number of hydrogen-bond acceptors (Lipinski definition) is 7. The molecule has 8 heteroatoms. The molecule has 0 aliphatic carbocycles. The van der Waals surface area contributed by atoms with Crippen molar-refractivity contribution in [1.29, 1.82) is 0 Å². The van der Waals surface area contributed by atoms with E-state index in [-0.39, 0.29) is 6.04 Å². The minimum absolute atomic E-state index is 0.0304. The molecule has 0 saturated carbocycles. The van der Waals surface area contributed by atoms with E-state index >= 15 is 0 Å². The number of β-amino-alcohol motifs (C(OH)–C–C–N with tert-alkyl or cyclic N) is 1. The predicted octanol–water partition coefficient (Wildman–Crippen LogP) is 1.49. The third-order valence-corrected chi connectivity index (χ3v) is 4.71. The van der Waals surface area contributed by atoms with Gasteiger partial charge in [-0.3, -0.25) is 14.8 Å². The van der Waals surface area contributed by atoms with Gasteiger partial charge in [-0.05, 0) is 18.2 Å². The van der Waals surface area contributed by atoms with Crippen molar-refractivity contribution in [3.63, 3.8) is 0 Å². The molecule has 1 aliphatic heterocycles. The minimum atomic E-state index is -0.422. The Balaban J connectivity index is 1.64. The monoisotopic (exact) mass is 351 g/mol. The van der Waals surface area contributed by atoms with Crippen molar-refractivity contribution in [3.8, 4) is 0 Å². The van der Waals surface area contributed by atoms with Gasteiger partial charge in [0.15, 0.2) is 0 Å². The Morgan fingerprint density at radius 2 is 2.25 bits per heavy atom. The summed E-state index contributed by atoms with van der Waals surface area (Å²) < 4.78 is 5.47. The van der Waals surface area contributed by atoms with E-state index in [4.69, 9.17) is 16.0 Å². The van der Waals surface area contributed by atoms with E-state index in [1.165, 1.54) is 0 Å². The average molecular weight is 352 g/mol. The summed E-state index contributed by atoms with van der Waals surface area (Å²) in [5.41, 5.74) is 1.02. The number of hydrogen-bond donors (Lipinski definition) is 1. The van der Waals surface area contributed by atoms with Gasteiger partial charge in [0, 0.05) is 39.0 Å². The summed E-state index contributed by atoms with van der Waals surface area (Å²) in [6, 6.07) is 1.95. The average Bonchev–Trinajstić information content (AvgIpc) is 3.13. The molecule has 1 N–H and O–H groups in total. The lowest BCUT2D eigenvalue weighted by Crippen LogP contribution is -2.42. The highest BCUT2D eigenvalue weighted by atomic mass is 35.5. The normalized spacial score (nSPS) is 21.7. The van der Waals surface area contributed by atoms with Gasteiger partial charge in [-0.2, -0.15) is 0 Å². The van der Waals surface area contributed by atoms with Gasteiger partial charge in [-0.1, -0.05) is 18.5 Å². The third-order valence-electron chi connectivity index (χ3n) is 4.37. The molecular formula is C16H22ClN5O2. The van der Waals surface area contributed by atoms with E-state index in [9.17, 15) is 5.11 Å². The van der Waals surface area contributed by atoms with Gasteiger partial charge in [0.2, 0.25) is 11.8 Å². The van der Waals surface area contributed by atoms with E-state index in [1.54, 1.807) is 19.3 Å². The zero-order chi connectivity index (χ0) is 17.1. The van der Waals surface area contributed by atoms with E-state index < -0.39 is 6.10 Å². The Labute approximate surface area is 146 Å². The Kier molecular flexibility index (Phi) is 5.45. The van der Waals surface area contributed by atoms with Crippen LogP contribution in [0.3, 0.4) is 0 Å². The number of aliphatic hydroxyl groups excluding tert-OH is 1. The summed E-state index contributed by atoms with van der Waals surface area (Å²) in [7, 11) is 0. The number of likely N-dealkylation sites (tertiary alicyclic amines) is 1. The molecule has 3 heterocycles.